The smallest absolute Gasteiger partial charge is 0.243 e. The molecule has 4 nitrogen and oxygen atoms in total. The van der Waals surface area contributed by atoms with Crippen molar-refractivity contribution in [2.75, 3.05) is 17.2 Å². The van der Waals surface area contributed by atoms with Crippen molar-refractivity contribution in [3.05, 3.63) is 94.5 Å². The van der Waals surface area contributed by atoms with E-state index in [2.05, 4.69) is 17.6 Å². The maximum Gasteiger partial charge on any atom is 0.243 e. The Morgan fingerprint density at radius 1 is 0.929 bits per heavy atom. The van der Waals surface area contributed by atoms with Gasteiger partial charge >= 0.3 is 0 Å². The van der Waals surface area contributed by atoms with Crippen LogP contribution in [0, 0.1) is 0 Å². The van der Waals surface area contributed by atoms with Gasteiger partial charge in [0.05, 0.1) is 6.54 Å². The number of rotatable bonds is 7. The van der Waals surface area contributed by atoms with E-state index in [1.165, 1.54) is 5.56 Å². The van der Waals surface area contributed by atoms with E-state index in [-0.39, 0.29) is 18.2 Å². The van der Waals surface area contributed by atoms with Crippen molar-refractivity contribution in [1.82, 2.24) is 0 Å². The Morgan fingerprint density at radius 2 is 1.64 bits per heavy atom. The minimum atomic E-state index is -0.197. The lowest BCUT2D eigenvalue weighted by molar-refractivity contribution is -0.114. The highest BCUT2D eigenvalue weighted by Gasteiger charge is 2.15. The molecule has 0 heterocycles. The second-order valence-electron chi connectivity index (χ2n) is 6.34. The molecule has 0 atom stereocenters. The number of amides is 1. The molecular formula is C23H21ClN2O2. The average Bonchev–Trinajstić information content (AvgIpc) is 2.73. The Bertz CT molecular complexity index is 970. The van der Waals surface area contributed by atoms with Crippen LogP contribution in [-0.2, 0) is 11.2 Å². The number of carbonyl (C=O) groups excluding carboxylic acids is 2. The normalized spacial score (nSPS) is 10.4. The first-order chi connectivity index (χ1) is 13.6. The molecule has 0 aliphatic rings. The summed E-state index contributed by atoms with van der Waals surface area (Å²) in [6.45, 7) is 2.12. The molecule has 0 saturated heterocycles. The molecule has 3 aromatic rings. The van der Waals surface area contributed by atoms with E-state index >= 15 is 0 Å². The third-order valence-corrected chi connectivity index (χ3v) is 4.58. The van der Waals surface area contributed by atoms with Gasteiger partial charge in [-0.05, 0) is 42.3 Å². The summed E-state index contributed by atoms with van der Waals surface area (Å²) in [5.41, 5.74) is 3.50. The van der Waals surface area contributed by atoms with Crippen LogP contribution in [0.15, 0.2) is 72.8 Å². The molecule has 2 N–H and O–H groups in total. The average molecular weight is 393 g/mol. The van der Waals surface area contributed by atoms with Crippen LogP contribution in [0.3, 0.4) is 0 Å². The van der Waals surface area contributed by atoms with Gasteiger partial charge in [-0.15, -0.1) is 0 Å². The van der Waals surface area contributed by atoms with E-state index < -0.39 is 0 Å². The van der Waals surface area contributed by atoms with Crippen LogP contribution in [0.1, 0.15) is 28.4 Å². The standard InChI is InChI=1S/C23H21ClN2O2/c1-2-16-8-11-19(12-9-16)26-22(27)15-25-21-13-10-18(24)14-20(21)23(28)17-6-4-3-5-7-17/h3-14,25H,2,15H2,1H3,(H,26,27). The van der Waals surface area contributed by atoms with Crippen molar-refractivity contribution in [1.29, 1.82) is 0 Å². The number of hydrogen-bond donors (Lipinski definition) is 2. The van der Waals surface area contributed by atoms with Crippen molar-refractivity contribution in [3.8, 4) is 0 Å². The Hall–Kier alpha value is -3.11. The quantitative estimate of drug-likeness (QED) is 0.544. The molecule has 0 spiro atoms. The lowest BCUT2D eigenvalue weighted by Gasteiger charge is -2.12. The third kappa shape index (κ3) is 4.99. The lowest BCUT2D eigenvalue weighted by Crippen LogP contribution is -2.22. The van der Waals surface area contributed by atoms with Gasteiger partial charge < -0.3 is 10.6 Å². The molecule has 0 bridgehead atoms. The molecule has 28 heavy (non-hydrogen) atoms. The SMILES string of the molecule is CCc1ccc(NC(=O)CNc2ccc(Cl)cc2C(=O)c2ccccc2)cc1. The molecule has 5 heteroatoms. The molecule has 0 aromatic heterocycles. The largest absolute Gasteiger partial charge is 0.376 e. The van der Waals surface area contributed by atoms with Crippen LogP contribution in [-0.4, -0.2) is 18.2 Å². The first-order valence-electron chi connectivity index (χ1n) is 9.09. The fourth-order valence-electron chi connectivity index (χ4n) is 2.81. The van der Waals surface area contributed by atoms with E-state index in [9.17, 15) is 9.59 Å². The van der Waals surface area contributed by atoms with Crippen LogP contribution >= 0.6 is 11.6 Å². The first-order valence-corrected chi connectivity index (χ1v) is 9.46. The van der Waals surface area contributed by atoms with E-state index in [4.69, 9.17) is 11.6 Å². The summed E-state index contributed by atoms with van der Waals surface area (Å²) < 4.78 is 0. The fraction of sp³-hybridized carbons (Fsp3) is 0.130. The summed E-state index contributed by atoms with van der Waals surface area (Å²) in [6, 6.07) is 21.7. The Labute approximate surface area is 169 Å². The fourth-order valence-corrected chi connectivity index (χ4v) is 2.98. The maximum atomic E-state index is 12.8. The topological polar surface area (TPSA) is 58.2 Å². The first kappa shape index (κ1) is 19.6. The van der Waals surface area contributed by atoms with Gasteiger partial charge in [-0.1, -0.05) is 61.0 Å². The predicted molar refractivity (Wildman–Crippen MR) is 114 cm³/mol. The second-order valence-corrected chi connectivity index (χ2v) is 6.77. The maximum absolute atomic E-state index is 12.8. The van der Waals surface area contributed by atoms with Gasteiger partial charge in [0.15, 0.2) is 5.78 Å². The van der Waals surface area contributed by atoms with Crippen LogP contribution in [0.25, 0.3) is 0 Å². The zero-order valence-corrected chi connectivity index (χ0v) is 16.3. The van der Waals surface area contributed by atoms with Crippen molar-refractivity contribution >= 4 is 34.7 Å². The molecule has 0 aliphatic carbocycles. The zero-order valence-electron chi connectivity index (χ0n) is 15.5. The van der Waals surface area contributed by atoms with Crippen molar-refractivity contribution in [3.63, 3.8) is 0 Å². The van der Waals surface area contributed by atoms with Crippen LogP contribution in [0.5, 0.6) is 0 Å². The number of ketones is 1. The van der Waals surface area contributed by atoms with Crippen molar-refractivity contribution < 1.29 is 9.59 Å². The number of hydrogen-bond acceptors (Lipinski definition) is 3. The molecule has 3 rings (SSSR count). The minimum absolute atomic E-state index is 0.0340. The summed E-state index contributed by atoms with van der Waals surface area (Å²) in [4.78, 5) is 25.1. The Kier molecular flexibility index (Phi) is 6.45. The molecule has 0 unspecified atom stereocenters. The summed E-state index contributed by atoms with van der Waals surface area (Å²) in [7, 11) is 0. The number of halogens is 1. The number of nitrogens with one attached hydrogen (secondary N) is 2. The second kappa shape index (κ2) is 9.20. The number of aryl methyl sites for hydroxylation is 1. The highest BCUT2D eigenvalue weighted by atomic mass is 35.5. The highest BCUT2D eigenvalue weighted by molar-refractivity contribution is 6.31. The summed E-state index contributed by atoms with van der Waals surface area (Å²) in [6.07, 6.45) is 0.949. The molecular weight excluding hydrogens is 372 g/mol. The Morgan fingerprint density at radius 3 is 2.32 bits per heavy atom. The van der Waals surface area contributed by atoms with Gasteiger partial charge in [-0.3, -0.25) is 9.59 Å². The Balaban J connectivity index is 1.70. The minimum Gasteiger partial charge on any atom is -0.376 e. The van der Waals surface area contributed by atoms with E-state index in [0.29, 0.717) is 21.8 Å². The van der Waals surface area contributed by atoms with Gasteiger partial charge in [0, 0.05) is 27.5 Å². The number of anilines is 2. The molecule has 142 valence electrons. The summed E-state index contributed by atoms with van der Waals surface area (Å²) in [5.74, 6) is -0.349. The summed E-state index contributed by atoms with van der Waals surface area (Å²) in [5, 5.41) is 6.35. The predicted octanol–water partition coefficient (Wildman–Crippen LogP) is 5.18. The monoisotopic (exact) mass is 392 g/mol. The van der Waals surface area contributed by atoms with Gasteiger partial charge in [0.25, 0.3) is 0 Å². The summed E-state index contributed by atoms with van der Waals surface area (Å²) >= 11 is 6.08. The van der Waals surface area contributed by atoms with Crippen LogP contribution in [0.2, 0.25) is 5.02 Å². The highest BCUT2D eigenvalue weighted by Crippen LogP contribution is 2.23. The molecule has 0 radical (unpaired) electrons. The molecule has 0 saturated carbocycles. The van der Waals surface area contributed by atoms with Crippen molar-refractivity contribution in [2.45, 2.75) is 13.3 Å². The van der Waals surface area contributed by atoms with Gasteiger partial charge in [0.2, 0.25) is 5.91 Å². The zero-order chi connectivity index (χ0) is 19.9. The van der Waals surface area contributed by atoms with Gasteiger partial charge in [-0.2, -0.15) is 0 Å². The van der Waals surface area contributed by atoms with Crippen molar-refractivity contribution in [2.24, 2.45) is 0 Å². The molecule has 0 aliphatic heterocycles. The van der Waals surface area contributed by atoms with E-state index in [0.717, 1.165) is 12.1 Å². The van der Waals surface area contributed by atoms with Gasteiger partial charge in [-0.25, -0.2) is 0 Å². The van der Waals surface area contributed by atoms with E-state index in [1.807, 2.05) is 42.5 Å². The molecule has 3 aromatic carbocycles. The number of carbonyl (C=O) groups is 2. The van der Waals surface area contributed by atoms with Crippen LogP contribution < -0.4 is 10.6 Å². The third-order valence-electron chi connectivity index (χ3n) is 4.35. The van der Waals surface area contributed by atoms with E-state index in [1.54, 1.807) is 30.3 Å². The lowest BCUT2D eigenvalue weighted by atomic mass is 10.0. The molecule has 1 amide bonds. The molecule has 0 fully saturated rings. The van der Waals surface area contributed by atoms with Gasteiger partial charge in [0.1, 0.15) is 0 Å². The number of benzene rings is 3. The van der Waals surface area contributed by atoms with Crippen LogP contribution in [0.4, 0.5) is 11.4 Å².